The molecule has 0 unspecified atom stereocenters. The van der Waals surface area contributed by atoms with Crippen LogP contribution >= 0.6 is 22.7 Å². The smallest absolute Gasteiger partial charge is 0.296 e. The number of nitrogens with zero attached hydrogens (tertiary/aromatic N) is 3. The van der Waals surface area contributed by atoms with E-state index in [4.69, 9.17) is 0 Å². The number of carbonyl (C=O) groups is 2. The van der Waals surface area contributed by atoms with Crippen LogP contribution in [-0.4, -0.2) is 27.0 Å². The van der Waals surface area contributed by atoms with Crippen LogP contribution in [0.15, 0.2) is 53.1 Å². The van der Waals surface area contributed by atoms with Gasteiger partial charge in [-0.05, 0) is 36.1 Å². The molecule has 9 heteroatoms. The van der Waals surface area contributed by atoms with E-state index in [-0.39, 0.29) is 10.7 Å². The summed E-state index contributed by atoms with van der Waals surface area (Å²) in [5, 5.41) is 21.0. The zero-order chi connectivity index (χ0) is 19.1. The lowest BCUT2D eigenvalue weighted by atomic mass is 9.95. The van der Waals surface area contributed by atoms with Crippen molar-refractivity contribution in [3.05, 3.63) is 74.4 Å². The van der Waals surface area contributed by atoms with E-state index in [1.165, 1.54) is 51.8 Å². The van der Waals surface area contributed by atoms with Gasteiger partial charge in [-0.2, -0.15) is 0 Å². The Labute approximate surface area is 161 Å². The third-order valence-corrected chi connectivity index (χ3v) is 5.81. The van der Waals surface area contributed by atoms with Crippen LogP contribution in [0, 0.1) is 12.7 Å². The number of rotatable bonds is 4. The van der Waals surface area contributed by atoms with Crippen molar-refractivity contribution in [1.29, 1.82) is 0 Å². The summed E-state index contributed by atoms with van der Waals surface area (Å²) in [6, 6.07) is 7.86. The molecule has 2 aromatic heterocycles. The minimum Gasteiger partial charge on any atom is -0.503 e. The number of amides is 1. The van der Waals surface area contributed by atoms with Gasteiger partial charge in [0.25, 0.3) is 5.91 Å². The van der Waals surface area contributed by atoms with Crippen LogP contribution in [0.1, 0.15) is 26.3 Å². The number of anilines is 1. The van der Waals surface area contributed by atoms with Gasteiger partial charge in [0.05, 0.1) is 16.5 Å². The number of benzene rings is 1. The lowest BCUT2D eigenvalue weighted by Crippen LogP contribution is -2.31. The highest BCUT2D eigenvalue weighted by atomic mass is 32.1. The molecule has 1 aliphatic rings. The molecule has 0 saturated carbocycles. The summed E-state index contributed by atoms with van der Waals surface area (Å²) in [5.41, 5.74) is 0.434. The third kappa shape index (κ3) is 2.94. The number of hydrogen-bond donors (Lipinski definition) is 1. The van der Waals surface area contributed by atoms with Gasteiger partial charge >= 0.3 is 0 Å². The number of aryl methyl sites for hydroxylation is 1. The van der Waals surface area contributed by atoms with Crippen molar-refractivity contribution >= 4 is 39.5 Å². The number of Topliss-reactive ketones (excluding diaryl/α,β-unsaturated/α-hetero) is 1. The zero-order valence-electron chi connectivity index (χ0n) is 13.9. The second-order valence-corrected chi connectivity index (χ2v) is 7.91. The van der Waals surface area contributed by atoms with Gasteiger partial charge in [-0.25, -0.2) is 4.39 Å². The van der Waals surface area contributed by atoms with Gasteiger partial charge < -0.3 is 5.11 Å². The average Bonchev–Trinajstić information content (AvgIpc) is 3.37. The first-order chi connectivity index (χ1) is 13.0. The zero-order valence-corrected chi connectivity index (χ0v) is 15.6. The van der Waals surface area contributed by atoms with Crippen LogP contribution in [0.5, 0.6) is 0 Å². The second-order valence-electron chi connectivity index (χ2n) is 5.80. The Morgan fingerprint density at radius 3 is 2.56 bits per heavy atom. The summed E-state index contributed by atoms with van der Waals surface area (Å²) in [7, 11) is 0. The first-order valence-electron chi connectivity index (χ1n) is 7.88. The minimum atomic E-state index is -0.917. The number of aromatic nitrogens is 2. The lowest BCUT2D eigenvalue weighted by Gasteiger charge is -2.23. The minimum absolute atomic E-state index is 0.0538. The van der Waals surface area contributed by atoms with Gasteiger partial charge in [-0.15, -0.1) is 21.5 Å². The number of aliphatic hydroxyl groups is 1. The number of thiophene rings is 1. The highest BCUT2D eigenvalue weighted by Gasteiger charge is 2.46. The summed E-state index contributed by atoms with van der Waals surface area (Å²) in [5.74, 6) is -2.26. The van der Waals surface area contributed by atoms with Crippen molar-refractivity contribution in [1.82, 2.24) is 10.2 Å². The Bertz CT molecular complexity index is 1060. The van der Waals surface area contributed by atoms with Crippen LogP contribution in [0.25, 0.3) is 0 Å². The lowest BCUT2D eigenvalue weighted by molar-refractivity contribution is -0.117. The van der Waals surface area contributed by atoms with Gasteiger partial charge in [-0.3, -0.25) is 14.5 Å². The second kappa shape index (κ2) is 6.67. The number of hydrogen-bond acceptors (Lipinski definition) is 7. The molecule has 1 aromatic carbocycles. The normalized spacial score (nSPS) is 17.0. The van der Waals surface area contributed by atoms with Crippen molar-refractivity contribution in [2.45, 2.75) is 13.0 Å². The molecule has 0 fully saturated rings. The molecule has 1 atom stereocenters. The largest absolute Gasteiger partial charge is 0.503 e. The van der Waals surface area contributed by atoms with Crippen molar-refractivity contribution in [3.63, 3.8) is 0 Å². The van der Waals surface area contributed by atoms with E-state index in [2.05, 4.69) is 10.2 Å². The first kappa shape index (κ1) is 17.5. The van der Waals surface area contributed by atoms with Crippen LogP contribution in [0.2, 0.25) is 0 Å². The molecule has 0 saturated heterocycles. The molecular weight excluding hydrogens is 389 g/mol. The molecular formula is C18H12FN3O3S2. The van der Waals surface area contributed by atoms with Gasteiger partial charge in [-0.1, -0.05) is 29.5 Å². The summed E-state index contributed by atoms with van der Waals surface area (Å²) >= 11 is 2.38. The molecule has 0 spiro atoms. The maximum atomic E-state index is 13.4. The molecule has 3 aromatic rings. The standard InChI is InChI=1S/C18H12FN3O3S2/c1-9-20-21-18(27-9)22-14(10-4-6-11(19)7-5-10)13(16(24)17(22)25)15(23)12-3-2-8-26-12/h2-8,14,24H,1H3/t14-/m0/s1. The van der Waals surface area contributed by atoms with E-state index in [9.17, 15) is 19.1 Å². The summed E-state index contributed by atoms with van der Waals surface area (Å²) in [6.07, 6.45) is 0. The fraction of sp³-hybridized carbons (Fsp3) is 0.111. The van der Waals surface area contributed by atoms with E-state index in [0.29, 0.717) is 15.4 Å². The Balaban J connectivity index is 1.88. The predicted octanol–water partition coefficient (Wildman–Crippen LogP) is 3.83. The Hall–Kier alpha value is -2.91. The van der Waals surface area contributed by atoms with E-state index >= 15 is 0 Å². The molecule has 1 amide bonds. The molecule has 0 aliphatic carbocycles. The van der Waals surface area contributed by atoms with Crippen molar-refractivity contribution in [2.24, 2.45) is 0 Å². The number of ketones is 1. The van der Waals surface area contributed by atoms with Gasteiger partial charge in [0.15, 0.2) is 5.76 Å². The van der Waals surface area contributed by atoms with Crippen molar-refractivity contribution < 1.29 is 19.1 Å². The highest BCUT2D eigenvalue weighted by Crippen LogP contribution is 2.43. The fourth-order valence-electron chi connectivity index (χ4n) is 2.92. The summed E-state index contributed by atoms with van der Waals surface area (Å²) < 4.78 is 13.4. The third-order valence-electron chi connectivity index (χ3n) is 4.10. The Morgan fingerprint density at radius 1 is 1.22 bits per heavy atom. The first-order valence-corrected chi connectivity index (χ1v) is 9.57. The molecule has 6 nitrogen and oxygen atoms in total. The van der Waals surface area contributed by atoms with Gasteiger partial charge in [0.2, 0.25) is 10.9 Å². The number of halogens is 1. The van der Waals surface area contributed by atoms with Gasteiger partial charge in [0, 0.05) is 0 Å². The SMILES string of the molecule is Cc1nnc(N2C(=O)C(O)=C(C(=O)c3cccs3)[C@@H]2c2ccc(F)cc2)s1. The van der Waals surface area contributed by atoms with Crippen LogP contribution in [0.4, 0.5) is 9.52 Å². The molecule has 1 N–H and O–H groups in total. The van der Waals surface area contributed by atoms with Crippen LogP contribution in [-0.2, 0) is 4.79 Å². The molecule has 0 radical (unpaired) electrons. The highest BCUT2D eigenvalue weighted by molar-refractivity contribution is 7.15. The quantitative estimate of drug-likeness (QED) is 0.672. The number of aliphatic hydroxyl groups excluding tert-OH is 1. The van der Waals surface area contributed by atoms with Gasteiger partial charge in [0.1, 0.15) is 10.8 Å². The molecule has 4 rings (SSSR count). The molecule has 27 heavy (non-hydrogen) atoms. The summed E-state index contributed by atoms with van der Waals surface area (Å²) in [6.45, 7) is 1.74. The number of carbonyl (C=O) groups excluding carboxylic acids is 2. The van der Waals surface area contributed by atoms with E-state index in [1.54, 1.807) is 24.4 Å². The topological polar surface area (TPSA) is 83.4 Å². The van der Waals surface area contributed by atoms with Crippen LogP contribution in [0.3, 0.4) is 0 Å². The maximum absolute atomic E-state index is 13.4. The molecule has 0 bridgehead atoms. The van der Waals surface area contributed by atoms with Crippen LogP contribution < -0.4 is 4.90 Å². The van der Waals surface area contributed by atoms with E-state index in [0.717, 1.165) is 0 Å². The van der Waals surface area contributed by atoms with Crippen molar-refractivity contribution in [3.8, 4) is 0 Å². The Morgan fingerprint density at radius 2 is 1.96 bits per heavy atom. The molecule has 1 aliphatic heterocycles. The van der Waals surface area contributed by atoms with Crippen molar-refractivity contribution in [2.75, 3.05) is 4.90 Å². The predicted molar refractivity (Wildman–Crippen MR) is 99.6 cm³/mol. The van der Waals surface area contributed by atoms with E-state index in [1.807, 2.05) is 0 Å². The average molecular weight is 401 g/mol. The molecule has 3 heterocycles. The fourth-order valence-corrected chi connectivity index (χ4v) is 4.31. The monoisotopic (exact) mass is 401 g/mol. The summed E-state index contributed by atoms with van der Waals surface area (Å²) in [4.78, 5) is 27.4. The molecule has 136 valence electrons. The Kier molecular flexibility index (Phi) is 4.33. The maximum Gasteiger partial charge on any atom is 0.296 e. The van der Waals surface area contributed by atoms with E-state index < -0.39 is 29.3 Å².